The number of nitrogens with zero attached hydrogens (tertiary/aromatic N) is 3. The van der Waals surface area contributed by atoms with Gasteiger partial charge in [-0.1, -0.05) is 30.3 Å². The standard InChI is InChI=1S/C22H26N4O2/c1-24-19-9-8-17(14-20(19)25(2)22(24)28)21(27)23-18-10-12-26(13-11-18)15-16-6-4-3-5-7-16/h3-9,14,18H,10-13,15H2,1-2H3,(H,23,27). The average Bonchev–Trinajstić information content (AvgIpc) is 2.94. The summed E-state index contributed by atoms with van der Waals surface area (Å²) in [5.74, 6) is -0.0697. The number of piperidine rings is 1. The van der Waals surface area contributed by atoms with Crippen LogP contribution in [0.2, 0.25) is 0 Å². The first-order valence-corrected chi connectivity index (χ1v) is 9.75. The zero-order valence-corrected chi connectivity index (χ0v) is 16.4. The molecule has 28 heavy (non-hydrogen) atoms. The number of nitrogens with one attached hydrogen (secondary N) is 1. The van der Waals surface area contributed by atoms with Gasteiger partial charge in [0.25, 0.3) is 5.91 Å². The van der Waals surface area contributed by atoms with Gasteiger partial charge in [0.2, 0.25) is 0 Å². The molecule has 0 saturated carbocycles. The van der Waals surface area contributed by atoms with Gasteiger partial charge in [0.05, 0.1) is 11.0 Å². The summed E-state index contributed by atoms with van der Waals surface area (Å²) in [6.45, 7) is 2.92. The maximum Gasteiger partial charge on any atom is 0.328 e. The fourth-order valence-electron chi connectivity index (χ4n) is 3.99. The number of aryl methyl sites for hydroxylation is 2. The first kappa shape index (κ1) is 18.5. The van der Waals surface area contributed by atoms with Gasteiger partial charge in [0.15, 0.2) is 0 Å². The number of imidazole rings is 1. The number of carbonyl (C=O) groups excluding carboxylic acids is 1. The van der Waals surface area contributed by atoms with E-state index >= 15 is 0 Å². The Kier molecular flexibility index (Phi) is 5.05. The van der Waals surface area contributed by atoms with Gasteiger partial charge in [-0.15, -0.1) is 0 Å². The number of rotatable bonds is 4. The van der Waals surface area contributed by atoms with E-state index in [9.17, 15) is 9.59 Å². The second kappa shape index (κ2) is 7.64. The zero-order valence-electron chi connectivity index (χ0n) is 16.4. The average molecular weight is 378 g/mol. The Morgan fingerprint density at radius 1 is 1.00 bits per heavy atom. The Balaban J connectivity index is 1.37. The van der Waals surface area contributed by atoms with Crippen LogP contribution in [-0.4, -0.2) is 39.1 Å². The van der Waals surface area contributed by atoms with Gasteiger partial charge in [0, 0.05) is 45.3 Å². The van der Waals surface area contributed by atoms with Crippen molar-refractivity contribution in [1.82, 2.24) is 19.4 Å². The van der Waals surface area contributed by atoms with E-state index in [1.807, 2.05) is 12.1 Å². The maximum absolute atomic E-state index is 12.7. The molecule has 6 nitrogen and oxygen atoms in total. The first-order chi connectivity index (χ1) is 13.5. The smallest absolute Gasteiger partial charge is 0.328 e. The number of benzene rings is 2. The third kappa shape index (κ3) is 3.60. The predicted molar refractivity (Wildman–Crippen MR) is 110 cm³/mol. The van der Waals surface area contributed by atoms with Crippen LogP contribution in [0.4, 0.5) is 0 Å². The molecule has 1 fully saturated rings. The van der Waals surface area contributed by atoms with Crippen LogP contribution in [0.25, 0.3) is 11.0 Å². The first-order valence-electron chi connectivity index (χ1n) is 9.75. The lowest BCUT2D eigenvalue weighted by atomic mass is 10.0. The van der Waals surface area contributed by atoms with Gasteiger partial charge in [-0.2, -0.15) is 0 Å². The molecule has 1 saturated heterocycles. The summed E-state index contributed by atoms with van der Waals surface area (Å²) < 4.78 is 3.17. The Bertz CT molecular complexity index is 1040. The van der Waals surface area contributed by atoms with E-state index in [-0.39, 0.29) is 17.6 Å². The SMILES string of the molecule is Cn1c(=O)n(C)c2cc(C(=O)NC3CCN(Cc4ccccc4)CC3)ccc21. The van der Waals surface area contributed by atoms with Crippen LogP contribution >= 0.6 is 0 Å². The molecule has 0 bridgehead atoms. The van der Waals surface area contributed by atoms with Crippen molar-refractivity contribution in [2.24, 2.45) is 14.1 Å². The van der Waals surface area contributed by atoms with Crippen molar-refractivity contribution >= 4 is 16.9 Å². The highest BCUT2D eigenvalue weighted by Crippen LogP contribution is 2.17. The fourth-order valence-corrected chi connectivity index (χ4v) is 3.99. The third-order valence-electron chi connectivity index (χ3n) is 5.71. The minimum atomic E-state index is -0.0849. The number of hydrogen-bond acceptors (Lipinski definition) is 3. The monoisotopic (exact) mass is 378 g/mol. The highest BCUT2D eigenvalue weighted by molar-refractivity contribution is 5.97. The number of carbonyl (C=O) groups is 1. The number of hydrogen-bond donors (Lipinski definition) is 1. The van der Waals surface area contributed by atoms with Crippen LogP contribution in [0.3, 0.4) is 0 Å². The molecule has 3 aromatic rings. The van der Waals surface area contributed by atoms with E-state index < -0.39 is 0 Å². The summed E-state index contributed by atoms with van der Waals surface area (Å²) in [5.41, 5.74) is 3.45. The largest absolute Gasteiger partial charge is 0.349 e. The number of likely N-dealkylation sites (tertiary alicyclic amines) is 1. The summed E-state index contributed by atoms with van der Waals surface area (Å²) in [5, 5.41) is 3.17. The van der Waals surface area contributed by atoms with Crippen molar-refractivity contribution in [3.05, 3.63) is 70.1 Å². The van der Waals surface area contributed by atoms with Crippen LogP contribution in [0.15, 0.2) is 53.3 Å². The lowest BCUT2D eigenvalue weighted by Gasteiger charge is -2.32. The van der Waals surface area contributed by atoms with Gasteiger partial charge >= 0.3 is 5.69 Å². The molecule has 0 aliphatic carbocycles. The molecule has 2 heterocycles. The fraction of sp³-hybridized carbons (Fsp3) is 0.364. The summed E-state index contributed by atoms with van der Waals surface area (Å²) in [6.07, 6.45) is 1.90. The number of amides is 1. The van der Waals surface area contributed by atoms with Crippen molar-refractivity contribution < 1.29 is 4.79 Å². The van der Waals surface area contributed by atoms with E-state index in [0.29, 0.717) is 5.56 Å². The van der Waals surface area contributed by atoms with Gasteiger partial charge in [-0.25, -0.2) is 4.79 Å². The highest BCUT2D eigenvalue weighted by Gasteiger charge is 2.21. The van der Waals surface area contributed by atoms with Crippen molar-refractivity contribution in [3.63, 3.8) is 0 Å². The summed E-state index contributed by atoms with van der Waals surface area (Å²) in [6, 6.07) is 16.1. The third-order valence-corrected chi connectivity index (χ3v) is 5.71. The summed E-state index contributed by atoms with van der Waals surface area (Å²) in [4.78, 5) is 27.2. The van der Waals surface area contributed by atoms with Crippen LogP contribution in [0.5, 0.6) is 0 Å². The molecule has 1 aliphatic heterocycles. The minimum absolute atomic E-state index is 0.0697. The van der Waals surface area contributed by atoms with Crippen molar-refractivity contribution in [1.29, 1.82) is 0 Å². The Hall–Kier alpha value is -2.86. The molecular formula is C22H26N4O2. The molecule has 0 atom stereocenters. The topological polar surface area (TPSA) is 59.3 Å². The highest BCUT2D eigenvalue weighted by atomic mass is 16.2. The van der Waals surface area contributed by atoms with E-state index in [1.165, 1.54) is 5.56 Å². The lowest BCUT2D eigenvalue weighted by molar-refractivity contribution is 0.0909. The molecular weight excluding hydrogens is 352 g/mol. The Labute approximate surface area is 164 Å². The van der Waals surface area contributed by atoms with Crippen LogP contribution < -0.4 is 11.0 Å². The van der Waals surface area contributed by atoms with Gasteiger partial charge in [0.1, 0.15) is 0 Å². The van der Waals surface area contributed by atoms with E-state index in [0.717, 1.165) is 43.5 Å². The van der Waals surface area contributed by atoms with Crippen LogP contribution in [-0.2, 0) is 20.6 Å². The molecule has 0 radical (unpaired) electrons. The van der Waals surface area contributed by atoms with Gasteiger partial charge in [-0.05, 0) is 36.6 Å². The number of aromatic nitrogens is 2. The quantitative estimate of drug-likeness (QED) is 0.758. The van der Waals surface area contributed by atoms with Crippen LogP contribution in [0.1, 0.15) is 28.8 Å². The minimum Gasteiger partial charge on any atom is -0.349 e. The molecule has 0 spiro atoms. The molecule has 0 unspecified atom stereocenters. The Morgan fingerprint density at radius 2 is 1.68 bits per heavy atom. The number of fused-ring (bicyclic) bond motifs is 1. The molecule has 6 heteroatoms. The molecule has 2 aromatic carbocycles. The van der Waals surface area contributed by atoms with E-state index in [4.69, 9.17) is 0 Å². The van der Waals surface area contributed by atoms with Crippen molar-refractivity contribution in [3.8, 4) is 0 Å². The van der Waals surface area contributed by atoms with E-state index in [1.54, 1.807) is 35.4 Å². The summed E-state index contributed by atoms with van der Waals surface area (Å²) >= 11 is 0. The predicted octanol–water partition coefficient (Wildman–Crippen LogP) is 2.27. The molecule has 1 aliphatic rings. The summed E-state index contributed by atoms with van der Waals surface area (Å²) in [7, 11) is 3.47. The molecule has 1 amide bonds. The normalized spacial score (nSPS) is 15.8. The van der Waals surface area contributed by atoms with Crippen LogP contribution in [0, 0.1) is 0 Å². The van der Waals surface area contributed by atoms with Gasteiger partial charge in [-0.3, -0.25) is 18.8 Å². The maximum atomic E-state index is 12.7. The molecule has 4 rings (SSSR count). The molecule has 1 aromatic heterocycles. The molecule has 1 N–H and O–H groups in total. The van der Waals surface area contributed by atoms with Crippen molar-refractivity contribution in [2.45, 2.75) is 25.4 Å². The van der Waals surface area contributed by atoms with Crippen molar-refractivity contribution in [2.75, 3.05) is 13.1 Å². The lowest BCUT2D eigenvalue weighted by Crippen LogP contribution is -2.44. The van der Waals surface area contributed by atoms with E-state index in [2.05, 4.69) is 34.5 Å². The second-order valence-electron chi connectivity index (χ2n) is 7.61. The molecule has 146 valence electrons. The second-order valence-corrected chi connectivity index (χ2v) is 7.61. The van der Waals surface area contributed by atoms with Gasteiger partial charge < -0.3 is 5.32 Å². The zero-order chi connectivity index (χ0) is 19.7. The Morgan fingerprint density at radius 3 is 2.39 bits per heavy atom.